The van der Waals surface area contributed by atoms with Gasteiger partial charge < -0.3 is 15.4 Å². The zero-order valence-corrected chi connectivity index (χ0v) is 12.6. The first-order valence-corrected chi connectivity index (χ1v) is 6.84. The fraction of sp³-hybridized carbons (Fsp3) is 0.385. The number of hydrogen-bond donors (Lipinski definition) is 2. The molecular weight excluding hydrogens is 344 g/mol. The van der Waals surface area contributed by atoms with Gasteiger partial charge in [-0.3, -0.25) is 4.79 Å². The number of benzene rings is 1. The van der Waals surface area contributed by atoms with E-state index in [-0.39, 0.29) is 12.3 Å². The van der Waals surface area contributed by atoms with Crippen molar-refractivity contribution in [3.05, 3.63) is 30.1 Å². The number of nitrogens with one attached hydrogen (secondary N) is 2. The van der Waals surface area contributed by atoms with Crippen molar-refractivity contribution in [2.75, 3.05) is 17.8 Å². The number of ether oxygens (including phenoxy) is 1. The Kier molecular flexibility index (Phi) is 6.20. The summed E-state index contributed by atoms with van der Waals surface area (Å²) >= 11 is 5.20. The van der Waals surface area contributed by atoms with Crippen LogP contribution >= 0.6 is 11.6 Å². The number of alkyl halides is 4. The van der Waals surface area contributed by atoms with Crippen molar-refractivity contribution in [1.82, 2.24) is 5.32 Å². The summed E-state index contributed by atoms with van der Waals surface area (Å²) in [7, 11) is 0. The van der Waals surface area contributed by atoms with E-state index in [1.807, 2.05) is 5.32 Å². The van der Waals surface area contributed by atoms with Crippen molar-refractivity contribution >= 4 is 29.2 Å². The maximum absolute atomic E-state index is 13.5. The van der Waals surface area contributed by atoms with E-state index in [9.17, 15) is 27.2 Å². The van der Waals surface area contributed by atoms with Crippen molar-refractivity contribution in [3.8, 4) is 0 Å². The number of rotatable bonds is 6. The van der Waals surface area contributed by atoms with Crippen molar-refractivity contribution in [2.24, 2.45) is 0 Å². The van der Waals surface area contributed by atoms with E-state index in [1.54, 1.807) is 0 Å². The Morgan fingerprint density at radius 3 is 2.22 bits per heavy atom. The minimum atomic E-state index is -5.25. The van der Waals surface area contributed by atoms with Gasteiger partial charge in [0.05, 0.1) is 6.61 Å². The van der Waals surface area contributed by atoms with E-state index >= 15 is 0 Å². The number of amides is 1. The third kappa shape index (κ3) is 4.47. The Morgan fingerprint density at radius 1 is 1.22 bits per heavy atom. The van der Waals surface area contributed by atoms with Gasteiger partial charge in [-0.15, -0.1) is 11.6 Å². The average Bonchev–Trinajstić information content (AvgIpc) is 2.47. The molecule has 0 aliphatic rings. The van der Waals surface area contributed by atoms with Gasteiger partial charge in [0.15, 0.2) is 0 Å². The molecule has 128 valence electrons. The van der Waals surface area contributed by atoms with E-state index < -0.39 is 35.4 Å². The molecule has 0 aliphatic carbocycles. The highest BCUT2D eigenvalue weighted by molar-refractivity contribution is 6.27. The molecule has 0 heterocycles. The third-order valence-corrected chi connectivity index (χ3v) is 2.87. The Bertz CT molecular complexity index is 565. The number of esters is 1. The van der Waals surface area contributed by atoms with Gasteiger partial charge in [-0.05, 0) is 31.2 Å². The second-order valence-corrected chi connectivity index (χ2v) is 4.55. The van der Waals surface area contributed by atoms with Crippen LogP contribution in [0.25, 0.3) is 0 Å². The Labute approximate surface area is 133 Å². The molecule has 0 saturated carbocycles. The molecule has 1 aromatic rings. The molecule has 1 aromatic carbocycles. The smallest absolute Gasteiger partial charge is 0.441 e. The molecule has 5 nitrogen and oxygen atoms in total. The van der Waals surface area contributed by atoms with Crippen LogP contribution in [0, 0.1) is 5.82 Å². The molecular formula is C13H13ClF4N2O3. The van der Waals surface area contributed by atoms with E-state index in [4.69, 9.17) is 11.6 Å². The summed E-state index contributed by atoms with van der Waals surface area (Å²) in [6.45, 7) is 0.957. The van der Waals surface area contributed by atoms with Gasteiger partial charge >= 0.3 is 17.8 Å². The number of halogens is 5. The maximum Gasteiger partial charge on any atom is 0.441 e. The molecule has 2 N–H and O–H groups in total. The molecule has 10 heteroatoms. The lowest BCUT2D eigenvalue weighted by molar-refractivity contribution is -0.207. The minimum absolute atomic E-state index is 0.258. The van der Waals surface area contributed by atoms with Gasteiger partial charge in [-0.25, -0.2) is 9.18 Å². The maximum atomic E-state index is 13.5. The molecule has 1 amide bonds. The number of hydrogen-bond acceptors (Lipinski definition) is 4. The van der Waals surface area contributed by atoms with Gasteiger partial charge in [0, 0.05) is 5.69 Å². The van der Waals surface area contributed by atoms with Gasteiger partial charge in [0.25, 0.3) is 0 Å². The molecule has 0 unspecified atom stereocenters. The number of carbonyl (C=O) groups is 2. The van der Waals surface area contributed by atoms with Crippen molar-refractivity contribution < 1.29 is 31.9 Å². The fourth-order valence-corrected chi connectivity index (χ4v) is 1.69. The van der Waals surface area contributed by atoms with Gasteiger partial charge in [-0.2, -0.15) is 13.2 Å². The lowest BCUT2D eigenvalue weighted by atomic mass is 10.1. The molecule has 23 heavy (non-hydrogen) atoms. The molecule has 0 fully saturated rings. The number of carbonyl (C=O) groups excluding carboxylic acids is 2. The van der Waals surface area contributed by atoms with E-state index in [0.29, 0.717) is 0 Å². The summed E-state index contributed by atoms with van der Waals surface area (Å²) in [6.07, 6.45) is -5.25. The van der Waals surface area contributed by atoms with Crippen molar-refractivity contribution in [3.63, 3.8) is 0 Å². The SMILES string of the molecule is CCOC(=O)[C@@](NC(=O)CCl)(Nc1ccc(F)cc1)C(F)(F)F. The second-order valence-electron chi connectivity index (χ2n) is 4.28. The topological polar surface area (TPSA) is 67.4 Å². The Balaban J connectivity index is 3.32. The first-order valence-electron chi connectivity index (χ1n) is 6.31. The molecule has 0 radical (unpaired) electrons. The Morgan fingerprint density at radius 2 is 1.78 bits per heavy atom. The fourth-order valence-electron chi connectivity index (χ4n) is 1.62. The molecule has 1 atom stereocenters. The summed E-state index contributed by atoms with van der Waals surface area (Å²) in [5, 5.41) is 3.35. The molecule has 1 rings (SSSR count). The van der Waals surface area contributed by atoms with E-state index in [2.05, 4.69) is 4.74 Å². The van der Waals surface area contributed by atoms with Crippen molar-refractivity contribution in [2.45, 2.75) is 18.8 Å². The lowest BCUT2D eigenvalue weighted by Gasteiger charge is -2.35. The van der Waals surface area contributed by atoms with Gasteiger partial charge in [0.2, 0.25) is 5.91 Å². The predicted octanol–water partition coefficient (Wildman–Crippen LogP) is 2.41. The van der Waals surface area contributed by atoms with Crippen LogP contribution in [0.3, 0.4) is 0 Å². The summed E-state index contributed by atoms with van der Waals surface area (Å²) in [4.78, 5) is 23.3. The average molecular weight is 357 g/mol. The first-order chi connectivity index (χ1) is 10.7. The number of anilines is 1. The van der Waals surface area contributed by atoms with E-state index in [0.717, 1.165) is 24.3 Å². The van der Waals surface area contributed by atoms with Crippen LogP contribution < -0.4 is 10.6 Å². The highest BCUT2D eigenvalue weighted by atomic mass is 35.5. The van der Waals surface area contributed by atoms with Gasteiger partial charge in [0.1, 0.15) is 11.7 Å². The third-order valence-electron chi connectivity index (χ3n) is 2.63. The minimum Gasteiger partial charge on any atom is -0.463 e. The highest BCUT2D eigenvalue weighted by Crippen LogP contribution is 2.33. The molecule has 0 bridgehead atoms. The summed E-state index contributed by atoms with van der Waals surface area (Å²) < 4.78 is 57.8. The standard InChI is InChI=1S/C13H13ClF4N2O3/c1-2-23-11(22)12(13(16,17)18,20-10(21)7-14)19-9-5-3-8(15)4-6-9/h3-6,19H,2,7H2,1H3,(H,20,21)/t12-/m0/s1. The van der Waals surface area contributed by atoms with Crippen LogP contribution in [0.5, 0.6) is 0 Å². The summed E-state index contributed by atoms with van der Waals surface area (Å²) in [5.74, 6) is -4.50. The normalized spacial score (nSPS) is 13.8. The Hall–Kier alpha value is -2.03. The zero-order chi connectivity index (χ0) is 17.7. The predicted molar refractivity (Wildman–Crippen MR) is 74.3 cm³/mol. The van der Waals surface area contributed by atoms with Crippen LogP contribution in [0.2, 0.25) is 0 Å². The van der Waals surface area contributed by atoms with Crippen LogP contribution in [-0.4, -0.2) is 36.2 Å². The molecule has 0 saturated heterocycles. The summed E-state index contributed by atoms with van der Waals surface area (Å²) in [6, 6.07) is 3.72. The first kappa shape index (κ1) is 19.0. The van der Waals surface area contributed by atoms with Crippen LogP contribution in [0.4, 0.5) is 23.2 Å². The highest BCUT2D eigenvalue weighted by Gasteiger charge is 2.63. The van der Waals surface area contributed by atoms with E-state index in [1.165, 1.54) is 12.2 Å². The largest absolute Gasteiger partial charge is 0.463 e. The summed E-state index contributed by atoms with van der Waals surface area (Å²) in [5.41, 5.74) is -3.81. The lowest BCUT2D eigenvalue weighted by Crippen LogP contribution is -2.69. The van der Waals surface area contributed by atoms with Gasteiger partial charge in [-0.1, -0.05) is 0 Å². The zero-order valence-electron chi connectivity index (χ0n) is 11.8. The van der Waals surface area contributed by atoms with Crippen LogP contribution in [0.15, 0.2) is 24.3 Å². The molecule has 0 aliphatic heterocycles. The van der Waals surface area contributed by atoms with Crippen LogP contribution in [0.1, 0.15) is 6.92 Å². The quantitative estimate of drug-likeness (QED) is 0.355. The van der Waals surface area contributed by atoms with Crippen LogP contribution in [-0.2, 0) is 14.3 Å². The molecule has 0 aromatic heterocycles. The second kappa shape index (κ2) is 7.49. The molecule has 0 spiro atoms. The van der Waals surface area contributed by atoms with Crippen molar-refractivity contribution in [1.29, 1.82) is 0 Å². The monoisotopic (exact) mass is 356 g/mol.